The molecule has 4 atom stereocenters. The largest absolute Gasteiger partial charge is 1.00 e. The Bertz CT molecular complexity index is 477. The topological polar surface area (TPSA) is 69.2 Å². The molecule has 0 radical (unpaired) electrons. The summed E-state index contributed by atoms with van der Waals surface area (Å²) >= 11 is 0. The van der Waals surface area contributed by atoms with Crippen molar-refractivity contribution in [2.45, 2.75) is 20.4 Å². The van der Waals surface area contributed by atoms with Crippen LogP contribution >= 0.6 is 0 Å². The summed E-state index contributed by atoms with van der Waals surface area (Å²) in [6.07, 6.45) is 0. The Labute approximate surface area is 141 Å². The van der Waals surface area contributed by atoms with Crippen molar-refractivity contribution in [3.05, 3.63) is 35.9 Å². The van der Waals surface area contributed by atoms with Crippen LogP contribution < -0.4 is 40.0 Å². The average molecular weight is 283 g/mol. The Morgan fingerprint density at radius 2 is 1.65 bits per heavy atom. The van der Waals surface area contributed by atoms with E-state index in [2.05, 4.69) is 5.32 Å². The number of benzene rings is 1. The van der Waals surface area contributed by atoms with Crippen LogP contribution in [0.3, 0.4) is 0 Å². The quantitative estimate of drug-likeness (QED) is 0.625. The predicted molar refractivity (Wildman–Crippen MR) is 68.6 cm³/mol. The molecule has 4 nitrogen and oxygen atoms in total. The van der Waals surface area contributed by atoms with Crippen molar-refractivity contribution in [3.63, 3.8) is 0 Å². The molecule has 1 aliphatic rings. The first kappa shape index (κ1) is 17.2. The van der Waals surface area contributed by atoms with Crippen LogP contribution in [0.2, 0.25) is 0 Å². The average Bonchev–Trinajstić information content (AvgIpc) is 2.41. The van der Waals surface area contributed by atoms with Gasteiger partial charge in [-0.1, -0.05) is 44.2 Å². The van der Waals surface area contributed by atoms with Crippen LogP contribution in [0.1, 0.15) is 19.4 Å². The molecule has 0 aliphatic heterocycles. The third-order valence-electron chi connectivity index (χ3n) is 4.23. The Hall–Kier alpha value is -0.840. The molecule has 0 bridgehead atoms. The summed E-state index contributed by atoms with van der Waals surface area (Å²) < 4.78 is 0. The molecule has 1 fully saturated rings. The summed E-state index contributed by atoms with van der Waals surface area (Å²) in [4.78, 5) is 23.1. The van der Waals surface area contributed by atoms with Gasteiger partial charge in [-0.25, -0.2) is 0 Å². The fourth-order valence-electron chi connectivity index (χ4n) is 2.83. The summed E-state index contributed by atoms with van der Waals surface area (Å²) in [5.41, 5.74) is 1.00. The van der Waals surface area contributed by atoms with Gasteiger partial charge in [0.15, 0.2) is 0 Å². The number of carboxylic acids is 1. The van der Waals surface area contributed by atoms with Gasteiger partial charge in [0.2, 0.25) is 5.91 Å². The first-order valence-electron chi connectivity index (χ1n) is 6.55. The third kappa shape index (κ3) is 3.43. The normalized spacial score (nSPS) is 27.9. The van der Waals surface area contributed by atoms with E-state index in [1.807, 2.05) is 44.2 Å². The summed E-state index contributed by atoms with van der Waals surface area (Å²) in [5.74, 6) is -2.36. The molecule has 102 valence electrons. The Balaban J connectivity index is 0.00000200. The minimum Gasteiger partial charge on any atom is -0.550 e. The van der Waals surface area contributed by atoms with E-state index in [4.69, 9.17) is 0 Å². The van der Waals surface area contributed by atoms with Crippen molar-refractivity contribution in [2.24, 2.45) is 23.7 Å². The maximum absolute atomic E-state index is 12.1. The number of nitrogens with one attached hydrogen (secondary N) is 1. The van der Waals surface area contributed by atoms with Crippen LogP contribution in [-0.2, 0) is 16.1 Å². The zero-order chi connectivity index (χ0) is 14.0. The second kappa shape index (κ2) is 7.25. The zero-order valence-corrected chi connectivity index (χ0v) is 14.1. The van der Waals surface area contributed by atoms with Gasteiger partial charge in [-0.2, -0.15) is 0 Å². The Morgan fingerprint density at radius 3 is 2.20 bits per heavy atom. The SMILES string of the molecule is CC1C(C)[C@H](C(=O)NCc2ccccc2)[C@@H]1C(=O)[O-].[Na+]. The molecule has 1 aromatic carbocycles. The number of aliphatic carboxylic acids is 1. The molecule has 1 N–H and O–H groups in total. The van der Waals surface area contributed by atoms with E-state index in [1.165, 1.54) is 0 Å². The molecular weight excluding hydrogens is 265 g/mol. The van der Waals surface area contributed by atoms with Crippen LogP contribution in [0.5, 0.6) is 0 Å². The molecule has 1 saturated carbocycles. The van der Waals surface area contributed by atoms with Gasteiger partial charge in [0.05, 0.1) is 0 Å². The Morgan fingerprint density at radius 1 is 1.10 bits per heavy atom. The number of amides is 1. The maximum Gasteiger partial charge on any atom is 1.00 e. The zero-order valence-electron chi connectivity index (χ0n) is 12.1. The van der Waals surface area contributed by atoms with Crippen LogP contribution in [-0.4, -0.2) is 11.9 Å². The van der Waals surface area contributed by atoms with Gasteiger partial charge < -0.3 is 15.2 Å². The van der Waals surface area contributed by atoms with Gasteiger partial charge in [-0.05, 0) is 17.4 Å². The van der Waals surface area contributed by atoms with Crippen LogP contribution in [0, 0.1) is 23.7 Å². The molecule has 2 rings (SSSR count). The monoisotopic (exact) mass is 283 g/mol. The van der Waals surface area contributed by atoms with Crippen LogP contribution in [0.25, 0.3) is 0 Å². The van der Waals surface area contributed by atoms with Crippen LogP contribution in [0.15, 0.2) is 30.3 Å². The third-order valence-corrected chi connectivity index (χ3v) is 4.23. The van der Waals surface area contributed by atoms with Gasteiger partial charge in [-0.3, -0.25) is 4.79 Å². The van der Waals surface area contributed by atoms with Crippen molar-refractivity contribution in [1.82, 2.24) is 5.32 Å². The summed E-state index contributed by atoms with van der Waals surface area (Å²) in [6.45, 7) is 4.19. The van der Waals surface area contributed by atoms with Gasteiger partial charge in [-0.15, -0.1) is 0 Å². The van der Waals surface area contributed by atoms with Gasteiger partial charge in [0, 0.05) is 24.3 Å². The first-order chi connectivity index (χ1) is 9.02. The van der Waals surface area contributed by atoms with Gasteiger partial charge in [0.25, 0.3) is 0 Å². The summed E-state index contributed by atoms with van der Waals surface area (Å²) in [5, 5.41) is 13.8. The minimum atomic E-state index is -1.12. The van der Waals surface area contributed by atoms with E-state index in [0.29, 0.717) is 6.54 Å². The fourth-order valence-corrected chi connectivity index (χ4v) is 2.83. The fraction of sp³-hybridized carbons (Fsp3) is 0.467. The van der Waals surface area contributed by atoms with E-state index >= 15 is 0 Å². The number of carbonyl (C=O) groups is 2. The molecule has 1 amide bonds. The number of hydrogen-bond donors (Lipinski definition) is 1. The van der Waals surface area contributed by atoms with E-state index < -0.39 is 17.8 Å². The van der Waals surface area contributed by atoms with Crippen molar-refractivity contribution < 1.29 is 44.3 Å². The minimum absolute atomic E-state index is 0. The molecule has 0 aromatic heterocycles. The second-order valence-corrected chi connectivity index (χ2v) is 5.29. The summed E-state index contributed by atoms with van der Waals surface area (Å²) in [7, 11) is 0. The molecule has 1 aromatic rings. The molecule has 2 unspecified atom stereocenters. The Kier molecular flexibility index (Phi) is 6.24. The number of carbonyl (C=O) groups excluding carboxylic acids is 2. The smallest absolute Gasteiger partial charge is 0.550 e. The number of carboxylic acid groups (broad SMARTS) is 1. The predicted octanol–water partition coefficient (Wildman–Crippen LogP) is -2.43. The van der Waals surface area contributed by atoms with Crippen molar-refractivity contribution in [1.29, 1.82) is 0 Å². The van der Waals surface area contributed by atoms with Gasteiger partial charge in [0.1, 0.15) is 0 Å². The molecule has 0 spiro atoms. The maximum atomic E-state index is 12.1. The standard InChI is InChI=1S/C15H19NO3.Na/c1-9-10(2)13(15(18)19)12(9)14(17)16-8-11-6-4-3-5-7-11;/h3-7,9-10,12-13H,8H2,1-2H3,(H,16,17)(H,18,19);/q;+1/p-1/t9?,10?,12-,13+;/m0./s1. The van der Waals surface area contributed by atoms with Crippen molar-refractivity contribution in [3.8, 4) is 0 Å². The molecular formula is C15H18NNaO3. The van der Waals surface area contributed by atoms with Crippen molar-refractivity contribution in [2.75, 3.05) is 0 Å². The van der Waals surface area contributed by atoms with Gasteiger partial charge >= 0.3 is 29.6 Å². The molecule has 20 heavy (non-hydrogen) atoms. The molecule has 1 aliphatic carbocycles. The summed E-state index contributed by atoms with van der Waals surface area (Å²) in [6, 6.07) is 9.55. The van der Waals surface area contributed by atoms with Crippen molar-refractivity contribution >= 4 is 11.9 Å². The van der Waals surface area contributed by atoms with E-state index in [9.17, 15) is 14.7 Å². The number of rotatable bonds is 4. The molecule has 0 heterocycles. The van der Waals surface area contributed by atoms with Crippen LogP contribution in [0.4, 0.5) is 0 Å². The number of hydrogen-bond acceptors (Lipinski definition) is 3. The molecule has 5 heteroatoms. The van der Waals surface area contributed by atoms with E-state index in [1.54, 1.807) is 0 Å². The van der Waals surface area contributed by atoms with E-state index in [0.717, 1.165) is 5.56 Å². The second-order valence-electron chi connectivity index (χ2n) is 5.29. The first-order valence-corrected chi connectivity index (χ1v) is 6.55. The molecule has 0 saturated heterocycles. The van der Waals surface area contributed by atoms with E-state index in [-0.39, 0.29) is 47.3 Å².